The van der Waals surface area contributed by atoms with Crippen LogP contribution in [0.15, 0.2) is 60.8 Å². The number of hydrogen-bond donors (Lipinski definition) is 3. The van der Waals surface area contributed by atoms with Crippen molar-refractivity contribution in [2.24, 2.45) is 0 Å². The summed E-state index contributed by atoms with van der Waals surface area (Å²) in [6.07, 6.45) is 33.6. The number of aliphatic hydroxyl groups is 1. The Hall–Kier alpha value is -1.96. The Kier molecular flexibility index (Phi) is 24.0. The van der Waals surface area contributed by atoms with E-state index in [4.69, 9.17) is 0 Å². The first-order valence-corrected chi connectivity index (χ1v) is 16.1. The van der Waals surface area contributed by atoms with Crippen LogP contribution in [-0.4, -0.2) is 41.9 Å². The van der Waals surface area contributed by atoms with Crippen molar-refractivity contribution in [1.82, 2.24) is 5.32 Å². The van der Waals surface area contributed by atoms with E-state index in [2.05, 4.69) is 67.8 Å². The SMILES string of the molecule is CC/C=C\C/C=C\C/C=C\CCCCCCCC(=O)NC(CS(=O)(=O)O)C(O)/C=C/CC/C=C/CCCC. The Morgan fingerprint density at radius 2 is 1.29 bits per heavy atom. The fourth-order valence-corrected chi connectivity index (χ4v) is 4.49. The van der Waals surface area contributed by atoms with E-state index < -0.39 is 28.0 Å². The third-order valence-electron chi connectivity index (χ3n) is 5.93. The maximum atomic E-state index is 12.3. The summed E-state index contributed by atoms with van der Waals surface area (Å²) in [5, 5.41) is 13.0. The fraction of sp³-hybridized carbons (Fsp3) is 0.645. The van der Waals surface area contributed by atoms with Crippen LogP contribution in [0, 0.1) is 0 Å². The molecule has 0 aromatic heterocycles. The lowest BCUT2D eigenvalue weighted by molar-refractivity contribution is -0.122. The number of hydrogen-bond acceptors (Lipinski definition) is 4. The number of carbonyl (C=O) groups is 1. The molecule has 0 aliphatic carbocycles. The van der Waals surface area contributed by atoms with E-state index >= 15 is 0 Å². The highest BCUT2D eigenvalue weighted by molar-refractivity contribution is 7.85. The number of amides is 1. The highest BCUT2D eigenvalue weighted by Gasteiger charge is 2.24. The van der Waals surface area contributed by atoms with Crippen molar-refractivity contribution in [3.8, 4) is 0 Å². The van der Waals surface area contributed by atoms with E-state index in [1.165, 1.54) is 6.08 Å². The van der Waals surface area contributed by atoms with Crippen molar-refractivity contribution in [3.05, 3.63) is 60.8 Å². The molecular formula is C31H53NO5S. The molecule has 0 bridgehead atoms. The summed E-state index contributed by atoms with van der Waals surface area (Å²) >= 11 is 0. The maximum Gasteiger partial charge on any atom is 0.267 e. The summed E-state index contributed by atoms with van der Waals surface area (Å²) in [5.41, 5.74) is 0. The second-order valence-electron chi connectivity index (χ2n) is 9.63. The lowest BCUT2D eigenvalue weighted by Crippen LogP contribution is -2.46. The van der Waals surface area contributed by atoms with Crippen LogP contribution in [0.5, 0.6) is 0 Å². The zero-order valence-corrected chi connectivity index (χ0v) is 24.6. The monoisotopic (exact) mass is 551 g/mol. The molecule has 2 unspecified atom stereocenters. The Bertz CT molecular complexity index is 827. The van der Waals surface area contributed by atoms with E-state index in [1.54, 1.807) is 6.08 Å². The van der Waals surface area contributed by atoms with Gasteiger partial charge in [-0.05, 0) is 57.8 Å². The number of rotatable bonds is 24. The van der Waals surface area contributed by atoms with Gasteiger partial charge in [0.2, 0.25) is 5.91 Å². The molecule has 3 N–H and O–H groups in total. The number of aliphatic hydroxyl groups excluding tert-OH is 1. The minimum absolute atomic E-state index is 0.265. The molecule has 2 atom stereocenters. The van der Waals surface area contributed by atoms with Crippen molar-refractivity contribution in [3.63, 3.8) is 0 Å². The van der Waals surface area contributed by atoms with Gasteiger partial charge >= 0.3 is 0 Å². The van der Waals surface area contributed by atoms with Crippen LogP contribution in [0.3, 0.4) is 0 Å². The molecule has 6 nitrogen and oxygen atoms in total. The number of allylic oxidation sites excluding steroid dienone is 9. The summed E-state index contributed by atoms with van der Waals surface area (Å²) < 4.78 is 32.0. The molecule has 0 aliphatic heterocycles. The topological polar surface area (TPSA) is 104 Å². The van der Waals surface area contributed by atoms with Crippen LogP contribution in [0.1, 0.15) is 110 Å². The third-order valence-corrected chi connectivity index (χ3v) is 6.71. The minimum atomic E-state index is -4.34. The van der Waals surface area contributed by atoms with Gasteiger partial charge in [-0.3, -0.25) is 9.35 Å². The van der Waals surface area contributed by atoms with Gasteiger partial charge in [0.1, 0.15) is 0 Å². The van der Waals surface area contributed by atoms with Gasteiger partial charge in [-0.2, -0.15) is 8.42 Å². The largest absolute Gasteiger partial charge is 0.387 e. The zero-order valence-electron chi connectivity index (χ0n) is 23.8. The van der Waals surface area contributed by atoms with Crippen LogP contribution >= 0.6 is 0 Å². The van der Waals surface area contributed by atoms with Gasteiger partial charge in [-0.25, -0.2) is 0 Å². The highest BCUT2D eigenvalue weighted by Crippen LogP contribution is 2.09. The summed E-state index contributed by atoms with van der Waals surface area (Å²) in [7, 11) is -4.34. The first kappa shape index (κ1) is 36.0. The van der Waals surface area contributed by atoms with Crippen molar-refractivity contribution in [2.45, 2.75) is 122 Å². The van der Waals surface area contributed by atoms with Crippen LogP contribution in [0.2, 0.25) is 0 Å². The van der Waals surface area contributed by atoms with Gasteiger partial charge < -0.3 is 10.4 Å². The number of carbonyl (C=O) groups excluding carboxylic acids is 1. The summed E-state index contributed by atoms with van der Waals surface area (Å²) in [5.74, 6) is -1.04. The Labute approximate surface area is 232 Å². The predicted octanol–water partition coefficient (Wildman–Crippen LogP) is 7.39. The standard InChI is InChI=1S/C31H53NO5S/c1-3-5-7-9-11-13-14-15-16-17-18-19-21-23-25-27-31(34)32-29(28-38(35,36)37)30(33)26-24-22-20-12-10-8-6-4-2/h5,7,10-13,15-16,24,26,29-30,33H,3-4,6,8-9,14,17-23,25,27-28H2,1-2H3,(H,32,34)(H,35,36,37)/b7-5-,12-10+,13-11-,16-15-,26-24+. The quantitative estimate of drug-likeness (QED) is 0.0659. The van der Waals surface area contributed by atoms with Gasteiger partial charge in [0.05, 0.1) is 17.9 Å². The summed E-state index contributed by atoms with van der Waals surface area (Å²) in [4.78, 5) is 12.3. The van der Waals surface area contributed by atoms with E-state index in [9.17, 15) is 22.9 Å². The molecule has 1 amide bonds. The number of unbranched alkanes of at least 4 members (excludes halogenated alkanes) is 8. The average molecular weight is 552 g/mol. The highest BCUT2D eigenvalue weighted by atomic mass is 32.2. The molecule has 0 saturated heterocycles. The smallest absolute Gasteiger partial charge is 0.267 e. The molecule has 0 radical (unpaired) electrons. The third kappa shape index (κ3) is 25.7. The normalized spacial score (nSPS) is 14.5. The molecule has 0 aromatic rings. The molecule has 218 valence electrons. The van der Waals surface area contributed by atoms with E-state index in [1.807, 2.05) is 0 Å². The van der Waals surface area contributed by atoms with Crippen molar-refractivity contribution in [1.29, 1.82) is 0 Å². The summed E-state index contributed by atoms with van der Waals surface area (Å²) in [6, 6.07) is -1.08. The average Bonchev–Trinajstić information content (AvgIpc) is 2.86. The first-order chi connectivity index (χ1) is 18.3. The molecular weight excluding hydrogens is 498 g/mol. The van der Waals surface area contributed by atoms with Gasteiger partial charge in [0.25, 0.3) is 10.1 Å². The Balaban J connectivity index is 4.16. The molecule has 0 aliphatic rings. The van der Waals surface area contributed by atoms with Crippen LogP contribution < -0.4 is 5.32 Å². The van der Waals surface area contributed by atoms with Crippen molar-refractivity contribution < 1.29 is 22.9 Å². The Morgan fingerprint density at radius 3 is 1.97 bits per heavy atom. The van der Waals surface area contributed by atoms with E-state index in [0.717, 1.165) is 77.0 Å². The first-order valence-electron chi connectivity index (χ1n) is 14.5. The van der Waals surface area contributed by atoms with Gasteiger partial charge in [-0.1, -0.05) is 107 Å². The minimum Gasteiger partial charge on any atom is -0.387 e. The molecule has 0 fully saturated rings. The van der Waals surface area contributed by atoms with Gasteiger partial charge in [0.15, 0.2) is 0 Å². The lowest BCUT2D eigenvalue weighted by atomic mass is 10.1. The predicted molar refractivity (Wildman–Crippen MR) is 161 cm³/mol. The molecule has 0 saturated carbocycles. The molecule has 0 rings (SSSR count). The van der Waals surface area contributed by atoms with E-state index in [-0.39, 0.29) is 12.3 Å². The number of nitrogens with one attached hydrogen (secondary N) is 1. The summed E-state index contributed by atoms with van der Waals surface area (Å²) in [6.45, 7) is 4.28. The molecule has 0 aromatic carbocycles. The van der Waals surface area contributed by atoms with E-state index in [0.29, 0.717) is 12.8 Å². The maximum absolute atomic E-state index is 12.3. The van der Waals surface area contributed by atoms with Crippen molar-refractivity contribution >= 4 is 16.0 Å². The second kappa shape index (κ2) is 25.3. The molecule has 7 heteroatoms. The van der Waals surface area contributed by atoms with Crippen LogP contribution in [0.25, 0.3) is 0 Å². The molecule has 0 spiro atoms. The van der Waals surface area contributed by atoms with Gasteiger partial charge in [-0.15, -0.1) is 0 Å². The fourth-order valence-electron chi connectivity index (χ4n) is 3.76. The zero-order chi connectivity index (χ0) is 28.3. The van der Waals surface area contributed by atoms with Crippen molar-refractivity contribution in [2.75, 3.05) is 5.75 Å². The Morgan fingerprint density at radius 1 is 0.737 bits per heavy atom. The van der Waals surface area contributed by atoms with Crippen LogP contribution in [0.4, 0.5) is 0 Å². The van der Waals surface area contributed by atoms with Crippen LogP contribution in [-0.2, 0) is 14.9 Å². The lowest BCUT2D eigenvalue weighted by Gasteiger charge is -2.21. The van der Waals surface area contributed by atoms with Gasteiger partial charge in [0, 0.05) is 6.42 Å². The second-order valence-corrected chi connectivity index (χ2v) is 11.1. The molecule has 0 heterocycles. The molecule has 38 heavy (non-hydrogen) atoms.